The van der Waals surface area contributed by atoms with Gasteiger partial charge in [0, 0.05) is 17.5 Å². The van der Waals surface area contributed by atoms with Gasteiger partial charge >= 0.3 is 0 Å². The van der Waals surface area contributed by atoms with Crippen molar-refractivity contribution < 1.29 is 9.59 Å². The van der Waals surface area contributed by atoms with Gasteiger partial charge in [0.1, 0.15) is 6.04 Å². The van der Waals surface area contributed by atoms with Gasteiger partial charge in [-0.2, -0.15) is 0 Å². The summed E-state index contributed by atoms with van der Waals surface area (Å²) in [5.41, 5.74) is 3.55. The van der Waals surface area contributed by atoms with Crippen LogP contribution in [0.2, 0.25) is 5.02 Å². The number of aromatic nitrogens is 1. The fourth-order valence-electron chi connectivity index (χ4n) is 3.18. The molecule has 1 unspecified atom stereocenters. The van der Waals surface area contributed by atoms with E-state index in [4.69, 9.17) is 11.6 Å². The van der Waals surface area contributed by atoms with Gasteiger partial charge in [0.2, 0.25) is 5.91 Å². The molecule has 2 amide bonds. The summed E-state index contributed by atoms with van der Waals surface area (Å²) in [6, 6.07) is 14.4. The van der Waals surface area contributed by atoms with E-state index < -0.39 is 6.04 Å². The Hall–Kier alpha value is -2.70. The molecule has 2 aromatic carbocycles. The third kappa shape index (κ3) is 6.15. The van der Waals surface area contributed by atoms with Gasteiger partial charge in [-0.1, -0.05) is 61.8 Å². The summed E-state index contributed by atoms with van der Waals surface area (Å²) in [5.74, 6) is -0.621. The van der Waals surface area contributed by atoms with Gasteiger partial charge in [-0.15, -0.1) is 11.3 Å². The monoisotopic (exact) mass is 455 g/mol. The molecule has 0 bridgehead atoms. The second-order valence-corrected chi connectivity index (χ2v) is 9.13. The maximum absolute atomic E-state index is 12.7. The van der Waals surface area contributed by atoms with E-state index in [0.717, 1.165) is 21.8 Å². The van der Waals surface area contributed by atoms with Crippen LogP contribution >= 0.6 is 22.9 Å². The molecule has 0 aliphatic heterocycles. The molecule has 162 valence electrons. The molecule has 7 heteroatoms. The van der Waals surface area contributed by atoms with Crippen molar-refractivity contribution in [3.8, 4) is 11.3 Å². The molecule has 0 saturated heterocycles. The van der Waals surface area contributed by atoms with E-state index in [-0.39, 0.29) is 17.7 Å². The molecule has 1 aromatic heterocycles. The highest BCUT2D eigenvalue weighted by molar-refractivity contribution is 7.09. The lowest BCUT2D eigenvalue weighted by atomic mass is 10.0. The van der Waals surface area contributed by atoms with Crippen LogP contribution < -0.4 is 10.6 Å². The van der Waals surface area contributed by atoms with Gasteiger partial charge in [-0.25, -0.2) is 4.98 Å². The molecule has 0 aliphatic carbocycles. The summed E-state index contributed by atoms with van der Waals surface area (Å²) in [6.07, 6.45) is 0.700. The lowest BCUT2D eigenvalue weighted by Crippen LogP contribution is -2.50. The number of hydrogen-bond donors (Lipinski definition) is 2. The summed E-state index contributed by atoms with van der Waals surface area (Å²) in [6.45, 7) is 6.28. The molecular formula is C24H26ClN3O2S. The summed E-state index contributed by atoms with van der Waals surface area (Å²) < 4.78 is 0. The Kier molecular flexibility index (Phi) is 7.82. The van der Waals surface area contributed by atoms with Crippen LogP contribution in [-0.2, 0) is 11.2 Å². The average molecular weight is 456 g/mol. The standard InChI is InChI=1S/C24H26ClN3O2S/c1-15(2)22(28-23(29)19-6-4-5-7-20(19)25)24(30)26-13-12-17-8-10-18(11-9-17)21-14-31-16(3)27-21/h4-11,14-15,22H,12-13H2,1-3H3,(H,26,30)(H,28,29). The minimum absolute atomic E-state index is 0.0627. The number of hydrogen-bond acceptors (Lipinski definition) is 4. The van der Waals surface area contributed by atoms with Gasteiger partial charge in [-0.3, -0.25) is 9.59 Å². The van der Waals surface area contributed by atoms with Gasteiger partial charge in [0.05, 0.1) is 21.3 Å². The van der Waals surface area contributed by atoms with Gasteiger partial charge < -0.3 is 10.6 Å². The molecule has 0 fully saturated rings. The van der Waals surface area contributed by atoms with Crippen molar-refractivity contribution in [2.75, 3.05) is 6.54 Å². The molecule has 0 aliphatic rings. The van der Waals surface area contributed by atoms with Crippen molar-refractivity contribution >= 4 is 34.8 Å². The molecule has 0 radical (unpaired) electrons. The number of nitrogens with zero attached hydrogens (tertiary/aromatic N) is 1. The summed E-state index contributed by atoms with van der Waals surface area (Å²) in [5, 5.41) is 9.20. The molecule has 3 aromatic rings. The highest BCUT2D eigenvalue weighted by atomic mass is 35.5. The number of carbonyl (C=O) groups is 2. The number of carbonyl (C=O) groups excluding carboxylic acids is 2. The van der Waals surface area contributed by atoms with Crippen molar-refractivity contribution in [2.45, 2.75) is 33.2 Å². The van der Waals surface area contributed by atoms with E-state index in [9.17, 15) is 9.59 Å². The summed E-state index contributed by atoms with van der Waals surface area (Å²) in [7, 11) is 0. The molecule has 2 N–H and O–H groups in total. The second-order valence-electron chi connectivity index (χ2n) is 7.66. The quantitative estimate of drug-likeness (QED) is 0.508. The number of amides is 2. The molecule has 1 heterocycles. The molecule has 0 spiro atoms. The summed E-state index contributed by atoms with van der Waals surface area (Å²) in [4.78, 5) is 29.8. The van der Waals surface area contributed by atoms with Crippen LogP contribution in [0.25, 0.3) is 11.3 Å². The van der Waals surface area contributed by atoms with Crippen molar-refractivity contribution in [2.24, 2.45) is 5.92 Å². The third-order valence-electron chi connectivity index (χ3n) is 4.94. The van der Waals surface area contributed by atoms with Crippen LogP contribution in [0.4, 0.5) is 0 Å². The molecule has 5 nitrogen and oxygen atoms in total. The Labute approximate surface area is 191 Å². The zero-order valence-corrected chi connectivity index (χ0v) is 19.4. The van der Waals surface area contributed by atoms with Crippen molar-refractivity contribution in [3.05, 3.63) is 75.1 Å². The van der Waals surface area contributed by atoms with Gasteiger partial charge in [0.15, 0.2) is 0 Å². The third-order valence-corrected chi connectivity index (χ3v) is 6.04. The van der Waals surface area contributed by atoms with Crippen molar-refractivity contribution in [3.63, 3.8) is 0 Å². The molecule has 0 saturated carbocycles. The van der Waals surface area contributed by atoms with E-state index in [2.05, 4.69) is 27.8 Å². The van der Waals surface area contributed by atoms with Crippen LogP contribution in [0, 0.1) is 12.8 Å². The van der Waals surface area contributed by atoms with Crippen LogP contribution in [0.5, 0.6) is 0 Å². The maximum Gasteiger partial charge on any atom is 0.253 e. The maximum atomic E-state index is 12.7. The number of benzene rings is 2. The first-order valence-electron chi connectivity index (χ1n) is 10.2. The fourth-order valence-corrected chi connectivity index (χ4v) is 4.02. The lowest BCUT2D eigenvalue weighted by Gasteiger charge is -2.22. The Morgan fingerprint density at radius 2 is 1.81 bits per heavy atom. The fraction of sp³-hybridized carbons (Fsp3) is 0.292. The van der Waals surface area contributed by atoms with E-state index in [0.29, 0.717) is 23.6 Å². The lowest BCUT2D eigenvalue weighted by molar-refractivity contribution is -0.123. The smallest absolute Gasteiger partial charge is 0.253 e. The zero-order chi connectivity index (χ0) is 22.4. The predicted molar refractivity (Wildman–Crippen MR) is 127 cm³/mol. The molecule has 1 atom stereocenters. The zero-order valence-electron chi connectivity index (χ0n) is 17.8. The Morgan fingerprint density at radius 1 is 1.10 bits per heavy atom. The Morgan fingerprint density at radius 3 is 2.42 bits per heavy atom. The summed E-state index contributed by atoms with van der Waals surface area (Å²) >= 11 is 7.73. The minimum atomic E-state index is -0.640. The first-order chi connectivity index (χ1) is 14.8. The van der Waals surface area contributed by atoms with E-state index in [1.807, 2.05) is 38.3 Å². The van der Waals surface area contributed by atoms with Crippen LogP contribution in [-0.4, -0.2) is 29.4 Å². The first kappa shape index (κ1) is 23.0. The van der Waals surface area contributed by atoms with Gasteiger partial charge in [-0.05, 0) is 37.0 Å². The minimum Gasteiger partial charge on any atom is -0.354 e. The van der Waals surface area contributed by atoms with Gasteiger partial charge in [0.25, 0.3) is 5.91 Å². The highest BCUT2D eigenvalue weighted by Gasteiger charge is 2.25. The molecule has 31 heavy (non-hydrogen) atoms. The van der Waals surface area contributed by atoms with E-state index in [1.54, 1.807) is 35.6 Å². The normalized spacial score (nSPS) is 11.9. The Bertz CT molecular complexity index is 1050. The number of aryl methyl sites for hydroxylation is 1. The topological polar surface area (TPSA) is 71.1 Å². The van der Waals surface area contributed by atoms with Crippen molar-refractivity contribution in [1.82, 2.24) is 15.6 Å². The predicted octanol–water partition coefficient (Wildman–Crippen LogP) is 4.89. The Balaban J connectivity index is 1.54. The van der Waals surface area contributed by atoms with Crippen LogP contribution in [0.1, 0.15) is 34.8 Å². The highest BCUT2D eigenvalue weighted by Crippen LogP contribution is 2.22. The molecule has 3 rings (SSSR count). The van der Waals surface area contributed by atoms with Crippen LogP contribution in [0.3, 0.4) is 0 Å². The number of rotatable bonds is 8. The van der Waals surface area contributed by atoms with E-state index in [1.165, 1.54) is 0 Å². The van der Waals surface area contributed by atoms with Crippen molar-refractivity contribution in [1.29, 1.82) is 0 Å². The number of nitrogens with one attached hydrogen (secondary N) is 2. The van der Waals surface area contributed by atoms with Crippen LogP contribution in [0.15, 0.2) is 53.9 Å². The van der Waals surface area contributed by atoms with E-state index >= 15 is 0 Å². The second kappa shape index (κ2) is 10.6. The largest absolute Gasteiger partial charge is 0.354 e. The molecular weight excluding hydrogens is 430 g/mol. The SMILES string of the molecule is Cc1nc(-c2ccc(CCNC(=O)C(NC(=O)c3ccccc3Cl)C(C)C)cc2)cs1. The first-order valence-corrected chi connectivity index (χ1v) is 11.5. The average Bonchev–Trinajstić information content (AvgIpc) is 3.18. The number of halogens is 1. The number of thiazole rings is 1.